The molecule has 4 heteroatoms. The van der Waals surface area contributed by atoms with Gasteiger partial charge in [-0.2, -0.15) is 0 Å². The van der Waals surface area contributed by atoms with Crippen LogP contribution in [0.25, 0.3) is 0 Å². The minimum atomic E-state index is -0.493. The molecule has 2 N–H and O–H groups in total. The molecule has 0 bridgehead atoms. The van der Waals surface area contributed by atoms with Gasteiger partial charge >= 0.3 is 0 Å². The normalized spacial score (nSPS) is 15.5. The number of benzene rings is 1. The summed E-state index contributed by atoms with van der Waals surface area (Å²) in [6, 6.07) is 9.54. The highest BCUT2D eigenvalue weighted by Gasteiger charge is 2.39. The van der Waals surface area contributed by atoms with Crippen LogP contribution >= 0.6 is 0 Å². The second-order valence-corrected chi connectivity index (χ2v) is 5.89. The van der Waals surface area contributed by atoms with Gasteiger partial charge in [-0.15, -0.1) is 0 Å². The molecule has 1 fully saturated rings. The van der Waals surface area contributed by atoms with Crippen LogP contribution in [0.4, 0.5) is 0 Å². The fraction of sp³-hybridized carbons (Fsp3) is 0.294. The molecule has 108 valence electrons. The van der Waals surface area contributed by atoms with Crippen molar-refractivity contribution in [3.05, 3.63) is 53.2 Å². The Balaban J connectivity index is 1.79. The molecule has 3 rings (SSSR count). The van der Waals surface area contributed by atoms with Crippen LogP contribution in [-0.2, 0) is 5.41 Å². The number of primary amides is 1. The van der Waals surface area contributed by atoms with Crippen molar-refractivity contribution >= 4 is 5.91 Å². The van der Waals surface area contributed by atoms with Crippen molar-refractivity contribution in [2.45, 2.75) is 32.1 Å². The third kappa shape index (κ3) is 2.75. The lowest BCUT2D eigenvalue weighted by atomic mass is 9.96. The zero-order valence-corrected chi connectivity index (χ0v) is 12.2. The second-order valence-electron chi connectivity index (χ2n) is 5.89. The van der Waals surface area contributed by atoms with Crippen molar-refractivity contribution in [3.63, 3.8) is 0 Å². The van der Waals surface area contributed by atoms with Gasteiger partial charge in [0, 0.05) is 12.3 Å². The summed E-state index contributed by atoms with van der Waals surface area (Å²) in [5.74, 6) is 0.739. The van der Waals surface area contributed by atoms with Crippen LogP contribution in [0.2, 0.25) is 0 Å². The van der Waals surface area contributed by atoms with Crippen molar-refractivity contribution < 1.29 is 9.53 Å². The molecule has 1 aromatic carbocycles. The average molecular weight is 282 g/mol. The lowest BCUT2D eigenvalue weighted by Crippen LogP contribution is -2.10. The number of nitrogens with two attached hydrogens (primary N) is 1. The summed E-state index contributed by atoms with van der Waals surface area (Å²) >= 11 is 0. The first kappa shape index (κ1) is 13.6. The number of nitrogens with zero attached hydrogens (tertiary/aromatic N) is 1. The largest absolute Gasteiger partial charge is 0.439 e. The quantitative estimate of drug-likeness (QED) is 0.935. The summed E-state index contributed by atoms with van der Waals surface area (Å²) in [6.07, 6.45) is 3.93. The van der Waals surface area contributed by atoms with E-state index in [0.717, 1.165) is 11.3 Å². The number of hydrogen-bond acceptors (Lipinski definition) is 3. The molecule has 0 radical (unpaired) electrons. The molecule has 0 saturated heterocycles. The molecule has 1 aliphatic carbocycles. The Labute approximate surface area is 124 Å². The van der Waals surface area contributed by atoms with E-state index >= 15 is 0 Å². The van der Waals surface area contributed by atoms with Crippen LogP contribution in [0.3, 0.4) is 0 Å². The smallest absolute Gasteiger partial charge is 0.250 e. The van der Waals surface area contributed by atoms with Gasteiger partial charge in [0.25, 0.3) is 0 Å². The fourth-order valence-corrected chi connectivity index (χ4v) is 2.31. The van der Waals surface area contributed by atoms with Gasteiger partial charge in [-0.3, -0.25) is 4.79 Å². The standard InChI is InChI=1S/C17H18N2O2/c1-11-9-13(17(2)7-8-17)4-5-14(11)21-15-6-3-12(10-19-15)16(18)20/h3-6,9-10H,7-8H2,1-2H3,(H2,18,20). The van der Waals surface area contributed by atoms with Crippen molar-refractivity contribution in [1.29, 1.82) is 0 Å². The minimum Gasteiger partial charge on any atom is -0.439 e. The summed E-state index contributed by atoms with van der Waals surface area (Å²) in [4.78, 5) is 15.1. The molecule has 0 unspecified atom stereocenters. The van der Waals surface area contributed by atoms with E-state index in [-0.39, 0.29) is 0 Å². The predicted molar refractivity (Wildman–Crippen MR) is 80.6 cm³/mol. The summed E-state index contributed by atoms with van der Waals surface area (Å²) in [5, 5.41) is 0. The number of rotatable bonds is 4. The topological polar surface area (TPSA) is 65.2 Å². The number of pyridine rings is 1. The highest BCUT2D eigenvalue weighted by atomic mass is 16.5. The van der Waals surface area contributed by atoms with Gasteiger partial charge in [0.2, 0.25) is 11.8 Å². The van der Waals surface area contributed by atoms with Gasteiger partial charge in [0.15, 0.2) is 0 Å². The maximum Gasteiger partial charge on any atom is 0.250 e. The molecule has 0 aliphatic heterocycles. The number of carbonyl (C=O) groups is 1. The van der Waals surface area contributed by atoms with Crippen LogP contribution in [-0.4, -0.2) is 10.9 Å². The lowest BCUT2D eigenvalue weighted by molar-refractivity contribution is 0.1000. The first-order valence-electron chi connectivity index (χ1n) is 7.03. The van der Waals surface area contributed by atoms with Gasteiger partial charge in [0.1, 0.15) is 5.75 Å². The van der Waals surface area contributed by atoms with E-state index in [1.54, 1.807) is 12.1 Å². The molecule has 21 heavy (non-hydrogen) atoms. The molecule has 1 aliphatic rings. The van der Waals surface area contributed by atoms with E-state index < -0.39 is 5.91 Å². The van der Waals surface area contributed by atoms with Crippen LogP contribution in [0.1, 0.15) is 41.3 Å². The Morgan fingerprint density at radius 2 is 2.05 bits per heavy atom. The highest BCUT2D eigenvalue weighted by Crippen LogP contribution is 2.48. The number of aryl methyl sites for hydroxylation is 1. The first-order valence-corrected chi connectivity index (χ1v) is 7.03. The predicted octanol–water partition coefficient (Wildman–Crippen LogP) is 3.33. The molecule has 0 spiro atoms. The first-order chi connectivity index (χ1) is 9.98. The highest BCUT2D eigenvalue weighted by molar-refractivity contribution is 5.92. The van der Waals surface area contributed by atoms with E-state index in [4.69, 9.17) is 10.5 Å². The third-order valence-electron chi connectivity index (χ3n) is 4.11. The van der Waals surface area contributed by atoms with Gasteiger partial charge in [-0.05, 0) is 48.4 Å². The zero-order valence-electron chi connectivity index (χ0n) is 12.2. The van der Waals surface area contributed by atoms with Crippen LogP contribution in [0.5, 0.6) is 11.6 Å². The summed E-state index contributed by atoms with van der Waals surface area (Å²) in [5.41, 5.74) is 8.36. The summed E-state index contributed by atoms with van der Waals surface area (Å²) < 4.78 is 5.77. The van der Waals surface area contributed by atoms with Crippen LogP contribution in [0.15, 0.2) is 36.5 Å². The Hall–Kier alpha value is -2.36. The van der Waals surface area contributed by atoms with Crippen molar-refractivity contribution in [2.24, 2.45) is 5.73 Å². The fourth-order valence-electron chi connectivity index (χ4n) is 2.31. The van der Waals surface area contributed by atoms with Gasteiger partial charge < -0.3 is 10.5 Å². The molecule has 1 amide bonds. The third-order valence-corrected chi connectivity index (χ3v) is 4.11. The van der Waals surface area contributed by atoms with Crippen molar-refractivity contribution in [2.75, 3.05) is 0 Å². The summed E-state index contributed by atoms with van der Waals surface area (Å²) in [6.45, 7) is 4.31. The van der Waals surface area contributed by atoms with Crippen molar-refractivity contribution in [1.82, 2.24) is 4.98 Å². The van der Waals surface area contributed by atoms with Gasteiger partial charge in [-0.1, -0.05) is 19.1 Å². The van der Waals surface area contributed by atoms with Crippen LogP contribution in [0, 0.1) is 6.92 Å². The van der Waals surface area contributed by atoms with Gasteiger partial charge in [0.05, 0.1) is 5.56 Å². The Kier molecular flexibility index (Phi) is 3.16. The van der Waals surface area contributed by atoms with E-state index in [9.17, 15) is 4.79 Å². The van der Waals surface area contributed by atoms with E-state index in [0.29, 0.717) is 16.9 Å². The zero-order chi connectivity index (χ0) is 15.0. The van der Waals surface area contributed by atoms with Gasteiger partial charge in [-0.25, -0.2) is 4.98 Å². The summed E-state index contributed by atoms with van der Waals surface area (Å²) in [7, 11) is 0. The molecule has 4 nitrogen and oxygen atoms in total. The molecule has 1 aromatic heterocycles. The molecule has 2 aromatic rings. The molecule has 0 atom stereocenters. The Morgan fingerprint density at radius 1 is 1.29 bits per heavy atom. The minimum absolute atomic E-state index is 0.352. The SMILES string of the molecule is Cc1cc(C2(C)CC2)ccc1Oc1ccc(C(N)=O)cn1. The average Bonchev–Trinajstić information content (AvgIpc) is 3.21. The number of hydrogen-bond donors (Lipinski definition) is 1. The number of carbonyl (C=O) groups excluding carboxylic acids is 1. The molecule has 1 heterocycles. The molecule has 1 saturated carbocycles. The number of ether oxygens (including phenoxy) is 1. The number of amides is 1. The lowest BCUT2D eigenvalue weighted by Gasteiger charge is -2.13. The second kappa shape index (κ2) is 4.88. The Morgan fingerprint density at radius 3 is 2.57 bits per heavy atom. The van der Waals surface area contributed by atoms with E-state index in [2.05, 4.69) is 24.0 Å². The van der Waals surface area contributed by atoms with E-state index in [1.165, 1.54) is 24.6 Å². The maximum atomic E-state index is 11.0. The maximum absolute atomic E-state index is 11.0. The Bertz CT molecular complexity index is 688. The molecular formula is C17H18N2O2. The van der Waals surface area contributed by atoms with Crippen LogP contribution < -0.4 is 10.5 Å². The van der Waals surface area contributed by atoms with E-state index in [1.807, 2.05) is 13.0 Å². The monoisotopic (exact) mass is 282 g/mol. The molecular weight excluding hydrogens is 264 g/mol. The van der Waals surface area contributed by atoms with Crippen molar-refractivity contribution in [3.8, 4) is 11.6 Å². The number of aromatic nitrogens is 1.